The van der Waals surface area contributed by atoms with Crippen LogP contribution in [0.4, 0.5) is 0 Å². The van der Waals surface area contributed by atoms with Gasteiger partial charge in [-0.3, -0.25) is 0 Å². The average Bonchev–Trinajstić information content (AvgIpc) is 2.76. The number of hydrogen-bond acceptors (Lipinski definition) is 8. The number of nitrogens with zero attached hydrogens (tertiary/aromatic N) is 3. The Bertz CT molecular complexity index is 1170. The maximum Gasteiger partial charge on any atom is 0.338 e. The van der Waals surface area contributed by atoms with Crippen LogP contribution in [0.5, 0.6) is 0 Å². The lowest BCUT2D eigenvalue weighted by atomic mass is 9.83. The molecule has 1 unspecified atom stereocenters. The first-order chi connectivity index (χ1) is 14.9. The third kappa shape index (κ3) is 4.40. The van der Waals surface area contributed by atoms with Crippen LogP contribution in [0.1, 0.15) is 28.3 Å². The van der Waals surface area contributed by atoms with Crippen LogP contribution in [0.25, 0.3) is 0 Å². The SMILES string of the molecule is COC(=O)C1=C(CSc2nc(C)cc(C)c2C#N)OC(N)=C(C#N)C1c1ccccc1. The van der Waals surface area contributed by atoms with Crippen molar-refractivity contribution in [2.45, 2.75) is 24.8 Å². The second-order valence-electron chi connectivity index (χ2n) is 6.83. The molecule has 0 aliphatic carbocycles. The van der Waals surface area contributed by atoms with Crippen molar-refractivity contribution in [3.05, 3.63) is 81.6 Å². The van der Waals surface area contributed by atoms with Crippen LogP contribution in [-0.4, -0.2) is 23.8 Å². The van der Waals surface area contributed by atoms with Crippen LogP contribution in [0.3, 0.4) is 0 Å². The smallest absolute Gasteiger partial charge is 0.338 e. The molecule has 0 saturated carbocycles. The lowest BCUT2D eigenvalue weighted by Gasteiger charge is -2.27. The molecule has 0 amide bonds. The molecular formula is C23H20N4O3S. The molecule has 0 radical (unpaired) electrons. The number of carbonyl (C=O) groups is 1. The van der Waals surface area contributed by atoms with E-state index in [9.17, 15) is 15.3 Å². The Morgan fingerprint density at radius 3 is 2.58 bits per heavy atom. The Morgan fingerprint density at radius 1 is 1.26 bits per heavy atom. The minimum absolute atomic E-state index is 0.0616. The molecule has 156 valence electrons. The fourth-order valence-corrected chi connectivity index (χ4v) is 4.46. The summed E-state index contributed by atoms with van der Waals surface area (Å²) in [6.07, 6.45) is 0. The number of methoxy groups -OCH3 is 1. The summed E-state index contributed by atoms with van der Waals surface area (Å²) in [7, 11) is 1.27. The molecule has 7 nitrogen and oxygen atoms in total. The Hall–Kier alpha value is -3.75. The van der Waals surface area contributed by atoms with E-state index in [0.717, 1.165) is 16.8 Å². The summed E-state index contributed by atoms with van der Waals surface area (Å²) >= 11 is 1.26. The number of aryl methyl sites for hydroxylation is 2. The molecule has 1 aromatic carbocycles. The van der Waals surface area contributed by atoms with E-state index in [1.807, 2.05) is 50.2 Å². The third-order valence-electron chi connectivity index (χ3n) is 4.80. The molecule has 0 fully saturated rings. The summed E-state index contributed by atoms with van der Waals surface area (Å²) in [6, 6.07) is 15.2. The van der Waals surface area contributed by atoms with Crippen LogP contribution in [0, 0.1) is 36.5 Å². The number of nitrogens with two attached hydrogens (primary N) is 1. The van der Waals surface area contributed by atoms with E-state index in [4.69, 9.17) is 15.2 Å². The van der Waals surface area contributed by atoms with Gasteiger partial charge in [0.15, 0.2) is 0 Å². The van der Waals surface area contributed by atoms with E-state index >= 15 is 0 Å². The average molecular weight is 433 g/mol. The first-order valence-corrected chi connectivity index (χ1v) is 10.3. The van der Waals surface area contributed by atoms with Gasteiger partial charge in [-0.05, 0) is 31.0 Å². The number of benzene rings is 1. The van der Waals surface area contributed by atoms with Crippen molar-refractivity contribution in [1.29, 1.82) is 10.5 Å². The standard InChI is InChI=1S/C23H20N4O3S/c1-13-9-14(2)27-22(16(13)10-24)31-12-18-20(23(28)29-3)19(15-7-5-4-6-8-15)17(11-25)21(26)30-18/h4-9,19H,12,26H2,1-3H3. The van der Waals surface area contributed by atoms with Crippen molar-refractivity contribution in [3.8, 4) is 12.1 Å². The lowest BCUT2D eigenvalue weighted by Crippen LogP contribution is -2.26. The third-order valence-corrected chi connectivity index (χ3v) is 5.77. The van der Waals surface area contributed by atoms with Crippen molar-refractivity contribution >= 4 is 17.7 Å². The van der Waals surface area contributed by atoms with Gasteiger partial charge in [-0.1, -0.05) is 42.1 Å². The summed E-state index contributed by atoms with van der Waals surface area (Å²) in [5.41, 5.74) is 9.18. The van der Waals surface area contributed by atoms with Gasteiger partial charge in [0.05, 0.1) is 29.9 Å². The predicted octanol–water partition coefficient (Wildman–Crippen LogP) is 3.60. The fourth-order valence-electron chi connectivity index (χ4n) is 3.41. The van der Waals surface area contributed by atoms with Crippen molar-refractivity contribution < 1.29 is 14.3 Å². The summed E-state index contributed by atoms with van der Waals surface area (Å²) in [6.45, 7) is 3.69. The van der Waals surface area contributed by atoms with Gasteiger partial charge in [-0.25, -0.2) is 9.78 Å². The maximum absolute atomic E-state index is 12.8. The summed E-state index contributed by atoms with van der Waals surface area (Å²) in [5, 5.41) is 19.7. The zero-order valence-electron chi connectivity index (χ0n) is 17.3. The minimum atomic E-state index is -0.717. The molecule has 8 heteroatoms. The van der Waals surface area contributed by atoms with Gasteiger partial charge >= 0.3 is 5.97 Å². The van der Waals surface area contributed by atoms with Crippen LogP contribution >= 0.6 is 11.8 Å². The molecule has 31 heavy (non-hydrogen) atoms. The second-order valence-corrected chi connectivity index (χ2v) is 7.79. The Kier molecular flexibility index (Phi) is 6.64. The van der Waals surface area contributed by atoms with E-state index in [-0.39, 0.29) is 28.5 Å². The number of ether oxygens (including phenoxy) is 2. The number of nitriles is 2. The molecule has 1 aliphatic rings. The number of allylic oxidation sites excluding steroid dienone is 1. The topological polar surface area (TPSA) is 122 Å². The minimum Gasteiger partial charge on any atom is -0.466 e. The van der Waals surface area contributed by atoms with Crippen LogP contribution in [-0.2, 0) is 14.3 Å². The van der Waals surface area contributed by atoms with E-state index in [1.54, 1.807) is 0 Å². The second kappa shape index (κ2) is 9.38. The van der Waals surface area contributed by atoms with Crippen molar-refractivity contribution in [1.82, 2.24) is 4.98 Å². The van der Waals surface area contributed by atoms with Gasteiger partial charge in [-0.2, -0.15) is 10.5 Å². The molecule has 2 heterocycles. The highest BCUT2D eigenvalue weighted by Crippen LogP contribution is 2.41. The molecule has 2 aromatic rings. The first-order valence-electron chi connectivity index (χ1n) is 9.36. The first kappa shape index (κ1) is 21.9. The number of esters is 1. The molecule has 0 saturated heterocycles. The molecule has 1 atom stereocenters. The highest BCUT2D eigenvalue weighted by Gasteiger charge is 2.37. The summed E-state index contributed by atoms with van der Waals surface area (Å²) < 4.78 is 10.7. The van der Waals surface area contributed by atoms with Crippen molar-refractivity contribution in [3.63, 3.8) is 0 Å². The van der Waals surface area contributed by atoms with Gasteiger partial charge < -0.3 is 15.2 Å². The number of rotatable bonds is 5. The maximum atomic E-state index is 12.8. The lowest BCUT2D eigenvalue weighted by molar-refractivity contribution is -0.136. The Labute approximate surface area is 184 Å². The zero-order chi connectivity index (χ0) is 22.5. The Balaban J connectivity index is 2.09. The molecule has 2 N–H and O–H groups in total. The van der Waals surface area contributed by atoms with Crippen LogP contribution in [0.15, 0.2) is 64.2 Å². The van der Waals surface area contributed by atoms with E-state index in [2.05, 4.69) is 17.1 Å². The predicted molar refractivity (Wildman–Crippen MR) is 115 cm³/mol. The van der Waals surface area contributed by atoms with Crippen LogP contribution < -0.4 is 5.73 Å². The highest BCUT2D eigenvalue weighted by molar-refractivity contribution is 7.99. The number of aromatic nitrogens is 1. The van der Waals surface area contributed by atoms with E-state index in [0.29, 0.717) is 10.6 Å². The number of pyridine rings is 1. The van der Waals surface area contributed by atoms with Gasteiger partial charge in [-0.15, -0.1) is 0 Å². The summed E-state index contributed by atoms with van der Waals surface area (Å²) in [5.74, 6) is -0.942. The largest absolute Gasteiger partial charge is 0.466 e. The van der Waals surface area contributed by atoms with Crippen LogP contribution in [0.2, 0.25) is 0 Å². The molecule has 1 aliphatic heterocycles. The zero-order valence-corrected chi connectivity index (χ0v) is 18.1. The molecule has 0 spiro atoms. The van der Waals surface area contributed by atoms with Gasteiger partial charge in [0.25, 0.3) is 0 Å². The van der Waals surface area contributed by atoms with E-state index in [1.165, 1.54) is 18.9 Å². The number of hydrogen-bond donors (Lipinski definition) is 1. The van der Waals surface area contributed by atoms with Gasteiger partial charge in [0.1, 0.15) is 28.5 Å². The monoisotopic (exact) mass is 432 g/mol. The van der Waals surface area contributed by atoms with Gasteiger partial charge in [0.2, 0.25) is 5.88 Å². The molecular weight excluding hydrogens is 412 g/mol. The molecule has 3 rings (SSSR count). The normalized spacial score (nSPS) is 15.7. The summed E-state index contributed by atoms with van der Waals surface area (Å²) in [4.78, 5) is 17.2. The van der Waals surface area contributed by atoms with Crippen molar-refractivity contribution in [2.75, 3.05) is 12.9 Å². The number of carbonyl (C=O) groups excluding carboxylic acids is 1. The van der Waals surface area contributed by atoms with Gasteiger partial charge in [0, 0.05) is 5.69 Å². The quantitative estimate of drug-likeness (QED) is 0.562. The Morgan fingerprint density at radius 2 is 1.97 bits per heavy atom. The van der Waals surface area contributed by atoms with Crippen molar-refractivity contribution in [2.24, 2.45) is 5.73 Å². The van der Waals surface area contributed by atoms with E-state index < -0.39 is 11.9 Å². The fraction of sp³-hybridized carbons (Fsp3) is 0.217. The molecule has 0 bridgehead atoms. The highest BCUT2D eigenvalue weighted by atomic mass is 32.2. The molecule has 1 aromatic heterocycles. The number of thioether (sulfide) groups is 1.